The van der Waals surface area contributed by atoms with E-state index >= 15 is 0 Å². The van der Waals surface area contributed by atoms with Gasteiger partial charge in [-0.25, -0.2) is 4.79 Å². The normalized spacial score (nSPS) is 13.9. The molecule has 0 saturated heterocycles. The fourth-order valence-corrected chi connectivity index (χ4v) is 5.92. The highest BCUT2D eigenvalue weighted by molar-refractivity contribution is 6.08. The molecule has 1 aliphatic carbocycles. The summed E-state index contributed by atoms with van der Waals surface area (Å²) in [6.45, 7) is 3.21. The Kier molecular flexibility index (Phi) is 8.10. The summed E-state index contributed by atoms with van der Waals surface area (Å²) in [6, 6.07) is 17.2. The Hall–Kier alpha value is -4.89. The monoisotopic (exact) mass is 582 g/mol. The van der Waals surface area contributed by atoms with Gasteiger partial charge in [0.05, 0.1) is 37.6 Å². The van der Waals surface area contributed by atoms with Gasteiger partial charge < -0.3 is 29.6 Å². The molecule has 0 spiro atoms. The molecular weight excluding hydrogens is 548 g/mol. The molecule has 3 aromatic carbocycles. The number of ether oxygens (including phenoxy) is 3. The van der Waals surface area contributed by atoms with Crippen molar-refractivity contribution in [3.8, 4) is 11.5 Å². The maximum absolute atomic E-state index is 14.2. The fourth-order valence-electron chi connectivity index (χ4n) is 5.92. The second-order valence-electron chi connectivity index (χ2n) is 10.6. The molecule has 222 valence electrons. The van der Waals surface area contributed by atoms with Crippen LogP contribution in [0.2, 0.25) is 0 Å². The highest BCUT2D eigenvalue weighted by Crippen LogP contribution is 2.44. The lowest BCUT2D eigenvalue weighted by atomic mass is 9.80. The first-order valence-corrected chi connectivity index (χ1v) is 14.0. The Morgan fingerprint density at radius 2 is 1.72 bits per heavy atom. The summed E-state index contributed by atoms with van der Waals surface area (Å²) in [4.78, 5) is 39.3. The van der Waals surface area contributed by atoms with Crippen LogP contribution >= 0.6 is 0 Å². The number of methoxy groups -OCH3 is 2. The minimum Gasteiger partial charge on any atom is -0.497 e. The van der Waals surface area contributed by atoms with Gasteiger partial charge >= 0.3 is 11.9 Å². The van der Waals surface area contributed by atoms with E-state index in [0.717, 1.165) is 28.9 Å². The lowest BCUT2D eigenvalue weighted by molar-refractivity contribution is -0.143. The Balaban J connectivity index is 1.85. The van der Waals surface area contributed by atoms with Crippen LogP contribution in [0.3, 0.4) is 0 Å². The second kappa shape index (κ2) is 11.8. The molecule has 0 saturated carbocycles. The van der Waals surface area contributed by atoms with Crippen LogP contribution in [0.5, 0.6) is 11.5 Å². The number of carbonyl (C=O) groups excluding carboxylic acids is 2. The molecule has 0 fully saturated rings. The summed E-state index contributed by atoms with van der Waals surface area (Å²) in [7, 11) is 3.17. The van der Waals surface area contributed by atoms with Crippen molar-refractivity contribution < 1.29 is 33.7 Å². The molecular formula is C34H34N2O7. The fraction of sp³-hybridized carbons (Fsp3) is 0.265. The predicted octanol–water partition coefficient (Wildman–Crippen LogP) is 5.35. The van der Waals surface area contributed by atoms with E-state index in [4.69, 9.17) is 19.9 Å². The number of allylic oxidation sites excluding steroid dienone is 1. The minimum atomic E-state index is -1.66. The van der Waals surface area contributed by atoms with Crippen molar-refractivity contribution in [2.24, 2.45) is 5.73 Å². The number of Topliss-reactive ketones (excluding diaryl/α,β-unsaturated/α-hetero) is 1. The zero-order valence-electron chi connectivity index (χ0n) is 24.6. The highest BCUT2D eigenvalue weighted by Gasteiger charge is 2.40. The summed E-state index contributed by atoms with van der Waals surface area (Å²) in [5, 5.41) is 10.5. The molecule has 0 aliphatic heterocycles. The van der Waals surface area contributed by atoms with Crippen LogP contribution in [0.1, 0.15) is 63.4 Å². The molecule has 1 aromatic heterocycles. The van der Waals surface area contributed by atoms with Crippen LogP contribution in [0.25, 0.3) is 16.5 Å². The molecule has 43 heavy (non-hydrogen) atoms. The van der Waals surface area contributed by atoms with Gasteiger partial charge in [0, 0.05) is 22.1 Å². The first-order chi connectivity index (χ1) is 20.6. The molecule has 1 heterocycles. The molecule has 0 bridgehead atoms. The molecule has 3 N–H and O–H groups in total. The number of fused-ring (bicyclic) bond motifs is 2. The number of carboxylic acid groups (broad SMARTS) is 1. The second-order valence-corrected chi connectivity index (χ2v) is 10.6. The molecule has 9 nitrogen and oxygen atoms in total. The molecule has 1 aliphatic rings. The van der Waals surface area contributed by atoms with E-state index in [1.165, 1.54) is 12.1 Å². The van der Waals surface area contributed by atoms with Crippen LogP contribution in [0, 0.1) is 0 Å². The van der Waals surface area contributed by atoms with Gasteiger partial charge in [-0.1, -0.05) is 24.3 Å². The Morgan fingerprint density at radius 3 is 2.37 bits per heavy atom. The third-order valence-electron chi connectivity index (χ3n) is 7.88. The van der Waals surface area contributed by atoms with Gasteiger partial charge in [-0.2, -0.15) is 0 Å². The summed E-state index contributed by atoms with van der Waals surface area (Å²) in [5.41, 5.74) is 10.0. The van der Waals surface area contributed by atoms with Crippen molar-refractivity contribution >= 4 is 34.2 Å². The molecule has 5 rings (SSSR count). The number of aromatic carboxylic acids is 1. The SMILES string of the molecule is CCOC(=O)Cn1c(C(C)(N)C(=O)c2ccc(OC)cc2)c(C2=CCCc3c(OC)cccc32)c2ccc(C(=O)O)cc21. The average molecular weight is 583 g/mol. The molecule has 0 amide bonds. The smallest absolute Gasteiger partial charge is 0.335 e. The van der Waals surface area contributed by atoms with E-state index in [2.05, 4.69) is 6.08 Å². The number of carbonyl (C=O) groups is 3. The Morgan fingerprint density at radius 1 is 1.00 bits per heavy atom. The van der Waals surface area contributed by atoms with Crippen LogP contribution < -0.4 is 15.2 Å². The van der Waals surface area contributed by atoms with Crippen LogP contribution in [0.15, 0.2) is 66.7 Å². The number of benzene rings is 3. The van der Waals surface area contributed by atoms with E-state index in [1.54, 1.807) is 63.0 Å². The largest absolute Gasteiger partial charge is 0.497 e. The van der Waals surface area contributed by atoms with Crippen molar-refractivity contribution in [3.05, 3.63) is 100 Å². The van der Waals surface area contributed by atoms with Crippen molar-refractivity contribution in [1.29, 1.82) is 0 Å². The molecule has 9 heteroatoms. The zero-order valence-corrected chi connectivity index (χ0v) is 24.6. The van der Waals surface area contributed by atoms with Crippen molar-refractivity contribution in [2.75, 3.05) is 20.8 Å². The number of nitrogens with zero attached hydrogens (tertiary/aromatic N) is 1. The van der Waals surface area contributed by atoms with Gasteiger partial charge in [-0.15, -0.1) is 0 Å². The number of rotatable bonds is 10. The van der Waals surface area contributed by atoms with Crippen molar-refractivity contribution in [1.82, 2.24) is 4.57 Å². The first-order valence-electron chi connectivity index (χ1n) is 14.0. The number of nitrogens with two attached hydrogens (primary N) is 1. The van der Waals surface area contributed by atoms with E-state index in [-0.39, 0.29) is 24.5 Å². The summed E-state index contributed by atoms with van der Waals surface area (Å²) >= 11 is 0. The van der Waals surface area contributed by atoms with Gasteiger partial charge in [0.2, 0.25) is 0 Å². The number of esters is 1. The van der Waals surface area contributed by atoms with Gasteiger partial charge in [-0.05, 0) is 80.3 Å². The lowest BCUT2D eigenvalue weighted by Crippen LogP contribution is -2.44. The van der Waals surface area contributed by atoms with Gasteiger partial charge in [0.1, 0.15) is 23.6 Å². The minimum absolute atomic E-state index is 0.0353. The quantitative estimate of drug-likeness (QED) is 0.189. The number of aromatic nitrogens is 1. The van der Waals surface area contributed by atoms with Gasteiger partial charge in [-0.3, -0.25) is 9.59 Å². The van der Waals surface area contributed by atoms with Crippen LogP contribution in [-0.4, -0.2) is 48.2 Å². The summed E-state index contributed by atoms with van der Waals surface area (Å²) in [5.74, 6) is -0.708. The molecule has 1 unspecified atom stereocenters. The van der Waals surface area contributed by atoms with E-state index in [0.29, 0.717) is 39.9 Å². The summed E-state index contributed by atoms with van der Waals surface area (Å²) < 4.78 is 17.9. The number of hydrogen-bond acceptors (Lipinski definition) is 7. The lowest BCUT2D eigenvalue weighted by Gasteiger charge is -2.29. The summed E-state index contributed by atoms with van der Waals surface area (Å²) in [6.07, 6.45) is 3.55. The number of hydrogen-bond donors (Lipinski definition) is 2. The maximum Gasteiger partial charge on any atom is 0.335 e. The molecule has 1 atom stereocenters. The van der Waals surface area contributed by atoms with Gasteiger partial charge in [0.15, 0.2) is 5.78 Å². The third kappa shape index (κ3) is 5.28. The van der Waals surface area contributed by atoms with Crippen LogP contribution in [0.4, 0.5) is 0 Å². The maximum atomic E-state index is 14.2. The zero-order chi connectivity index (χ0) is 30.9. The van der Waals surface area contributed by atoms with Crippen LogP contribution in [-0.2, 0) is 28.0 Å². The topological polar surface area (TPSA) is 130 Å². The highest BCUT2D eigenvalue weighted by atomic mass is 16.5. The van der Waals surface area contributed by atoms with Crippen molar-refractivity contribution in [3.63, 3.8) is 0 Å². The third-order valence-corrected chi connectivity index (χ3v) is 7.88. The van der Waals surface area contributed by atoms with Crippen molar-refractivity contribution in [2.45, 2.75) is 38.8 Å². The Labute approximate surface area is 249 Å². The van der Waals surface area contributed by atoms with Gasteiger partial charge in [0.25, 0.3) is 0 Å². The van der Waals surface area contributed by atoms with E-state index < -0.39 is 17.5 Å². The Bertz CT molecular complexity index is 1760. The average Bonchev–Trinajstić information content (AvgIpc) is 3.33. The van der Waals surface area contributed by atoms with E-state index in [9.17, 15) is 19.5 Å². The first kappa shape index (κ1) is 29.6. The predicted molar refractivity (Wildman–Crippen MR) is 163 cm³/mol. The number of ketones is 1. The molecule has 0 radical (unpaired) electrons. The standard InChI is InChI=1S/C34H34N2O7/c1-5-43-29(37)19-36-27-18-21(33(39)40)14-17-26(27)30(25-10-6-9-24-23(25)8-7-11-28(24)42-4)31(36)34(2,35)32(38)20-12-15-22(41-3)16-13-20/h7-8,10-18H,5-6,9,19,35H2,1-4H3,(H,39,40). The van der Waals surface area contributed by atoms with E-state index in [1.807, 2.05) is 18.2 Å². The number of carboxylic acids is 1. The molecule has 4 aromatic rings.